The topological polar surface area (TPSA) is 113 Å². The maximum atomic E-state index is 12.3. The number of carbonyl (C=O) groups excluding carboxylic acids is 1. The van der Waals surface area contributed by atoms with Gasteiger partial charge in [-0.25, -0.2) is 13.6 Å². The molecule has 0 aliphatic heterocycles. The average molecular weight is 307 g/mol. The van der Waals surface area contributed by atoms with Crippen LogP contribution in [0.4, 0.5) is 5.69 Å². The molecular formula is C14H17N3O3S. The molecule has 1 amide bonds. The van der Waals surface area contributed by atoms with Crippen LogP contribution < -0.4 is 10.5 Å². The molecule has 1 aromatic rings. The minimum absolute atomic E-state index is 0.0202. The molecule has 0 aromatic heterocycles. The average Bonchev–Trinajstić information content (AvgIpc) is 2.47. The SMILES string of the molecule is N#CC1(C(=O)Nc2ccc(S(N)(=O)=O)cc2)CCCCC1. The Kier molecular flexibility index (Phi) is 4.30. The van der Waals surface area contributed by atoms with Crippen LogP contribution in [0.25, 0.3) is 0 Å². The van der Waals surface area contributed by atoms with E-state index in [0.717, 1.165) is 19.3 Å². The highest BCUT2D eigenvalue weighted by Crippen LogP contribution is 2.36. The van der Waals surface area contributed by atoms with Gasteiger partial charge in [-0.2, -0.15) is 5.26 Å². The molecule has 6 nitrogen and oxygen atoms in total. The van der Waals surface area contributed by atoms with E-state index in [1.165, 1.54) is 24.3 Å². The molecule has 0 bridgehead atoms. The fraction of sp³-hybridized carbons (Fsp3) is 0.429. The smallest absolute Gasteiger partial charge is 0.244 e. The Morgan fingerprint density at radius 3 is 2.24 bits per heavy atom. The number of nitrogens with one attached hydrogen (secondary N) is 1. The number of hydrogen-bond acceptors (Lipinski definition) is 4. The van der Waals surface area contributed by atoms with Gasteiger partial charge in [0.15, 0.2) is 0 Å². The van der Waals surface area contributed by atoms with Gasteiger partial charge in [-0.3, -0.25) is 4.79 Å². The third-order valence-corrected chi connectivity index (χ3v) is 4.73. The van der Waals surface area contributed by atoms with E-state index in [2.05, 4.69) is 11.4 Å². The van der Waals surface area contributed by atoms with Crippen molar-refractivity contribution in [1.29, 1.82) is 5.26 Å². The van der Waals surface area contributed by atoms with E-state index in [1.807, 2.05) is 0 Å². The van der Waals surface area contributed by atoms with Gasteiger partial charge >= 0.3 is 0 Å². The highest BCUT2D eigenvalue weighted by molar-refractivity contribution is 7.89. The number of nitrogens with two attached hydrogens (primary N) is 1. The largest absolute Gasteiger partial charge is 0.325 e. The molecule has 7 heteroatoms. The molecule has 2 rings (SSSR count). The fourth-order valence-corrected chi connectivity index (χ4v) is 3.04. The van der Waals surface area contributed by atoms with E-state index in [9.17, 15) is 18.5 Å². The van der Waals surface area contributed by atoms with Crippen LogP contribution in [0.3, 0.4) is 0 Å². The highest BCUT2D eigenvalue weighted by atomic mass is 32.2. The standard InChI is InChI=1S/C14H17N3O3S/c15-10-14(8-2-1-3-9-14)13(18)17-11-4-6-12(7-5-11)21(16,19)20/h4-7H,1-3,8-9H2,(H,17,18)(H2,16,19,20). The minimum Gasteiger partial charge on any atom is -0.325 e. The first-order valence-electron chi connectivity index (χ1n) is 6.73. The lowest BCUT2D eigenvalue weighted by atomic mass is 9.74. The second-order valence-corrected chi connectivity index (χ2v) is 6.84. The molecule has 1 aliphatic carbocycles. The molecule has 1 aromatic carbocycles. The van der Waals surface area contributed by atoms with E-state index in [0.29, 0.717) is 18.5 Å². The van der Waals surface area contributed by atoms with E-state index in [1.54, 1.807) is 0 Å². The molecule has 0 heterocycles. The monoisotopic (exact) mass is 307 g/mol. The zero-order valence-electron chi connectivity index (χ0n) is 11.5. The van der Waals surface area contributed by atoms with E-state index in [4.69, 9.17) is 5.14 Å². The van der Waals surface area contributed by atoms with Crippen LogP contribution in [0.5, 0.6) is 0 Å². The number of nitriles is 1. The molecule has 0 radical (unpaired) electrons. The third kappa shape index (κ3) is 3.40. The number of anilines is 1. The second-order valence-electron chi connectivity index (χ2n) is 5.28. The molecule has 3 N–H and O–H groups in total. The molecule has 1 fully saturated rings. The Labute approximate surface area is 124 Å². The highest BCUT2D eigenvalue weighted by Gasteiger charge is 2.39. The summed E-state index contributed by atoms with van der Waals surface area (Å²) in [5.41, 5.74) is -0.524. The minimum atomic E-state index is -3.75. The van der Waals surface area contributed by atoms with Crippen LogP contribution in [-0.2, 0) is 14.8 Å². The molecule has 0 saturated heterocycles. The number of sulfonamides is 1. The lowest BCUT2D eigenvalue weighted by Crippen LogP contribution is -2.36. The van der Waals surface area contributed by atoms with Crippen molar-refractivity contribution in [3.63, 3.8) is 0 Å². The van der Waals surface area contributed by atoms with Crippen molar-refractivity contribution in [2.75, 3.05) is 5.32 Å². The normalized spacial score (nSPS) is 17.7. The van der Waals surface area contributed by atoms with Gasteiger partial charge in [0.05, 0.1) is 11.0 Å². The first-order valence-corrected chi connectivity index (χ1v) is 8.28. The van der Waals surface area contributed by atoms with Crippen LogP contribution in [0.1, 0.15) is 32.1 Å². The molecule has 0 atom stereocenters. The van der Waals surface area contributed by atoms with Crippen molar-refractivity contribution in [1.82, 2.24) is 0 Å². The van der Waals surface area contributed by atoms with Gasteiger partial charge < -0.3 is 5.32 Å². The number of amides is 1. The number of benzene rings is 1. The van der Waals surface area contributed by atoms with Crippen LogP contribution in [0.15, 0.2) is 29.2 Å². The van der Waals surface area contributed by atoms with Crippen LogP contribution in [-0.4, -0.2) is 14.3 Å². The van der Waals surface area contributed by atoms with E-state index < -0.39 is 15.4 Å². The first kappa shape index (κ1) is 15.5. The number of carbonyl (C=O) groups is 1. The summed E-state index contributed by atoms with van der Waals surface area (Å²) < 4.78 is 22.3. The summed E-state index contributed by atoms with van der Waals surface area (Å²) in [6.07, 6.45) is 3.89. The Hall–Kier alpha value is -1.91. The number of hydrogen-bond donors (Lipinski definition) is 2. The maximum Gasteiger partial charge on any atom is 0.244 e. The summed E-state index contributed by atoms with van der Waals surface area (Å²) >= 11 is 0. The van der Waals surface area contributed by atoms with E-state index in [-0.39, 0.29) is 10.8 Å². The Morgan fingerprint density at radius 1 is 1.19 bits per heavy atom. The van der Waals surface area contributed by atoms with Crippen LogP contribution in [0, 0.1) is 16.7 Å². The van der Waals surface area contributed by atoms with Gasteiger partial charge in [0.1, 0.15) is 5.41 Å². The molecule has 21 heavy (non-hydrogen) atoms. The fourth-order valence-electron chi connectivity index (χ4n) is 2.52. The molecular weight excluding hydrogens is 290 g/mol. The lowest BCUT2D eigenvalue weighted by Gasteiger charge is -2.29. The number of rotatable bonds is 3. The Morgan fingerprint density at radius 2 is 1.76 bits per heavy atom. The van der Waals surface area contributed by atoms with Crippen molar-refractivity contribution in [3.05, 3.63) is 24.3 Å². The molecule has 1 aliphatic rings. The van der Waals surface area contributed by atoms with Gasteiger partial charge in [-0.05, 0) is 37.1 Å². The van der Waals surface area contributed by atoms with E-state index >= 15 is 0 Å². The zero-order chi connectivity index (χ0) is 15.5. The molecule has 0 spiro atoms. The van der Waals surface area contributed by atoms with Gasteiger partial charge in [-0.15, -0.1) is 0 Å². The summed E-state index contributed by atoms with van der Waals surface area (Å²) in [5.74, 6) is -0.326. The lowest BCUT2D eigenvalue weighted by molar-refractivity contribution is -0.124. The predicted octanol–water partition coefficient (Wildman–Crippen LogP) is 1.75. The van der Waals surface area contributed by atoms with Crippen molar-refractivity contribution in [2.45, 2.75) is 37.0 Å². The van der Waals surface area contributed by atoms with Crippen molar-refractivity contribution < 1.29 is 13.2 Å². The van der Waals surface area contributed by atoms with Crippen LogP contribution >= 0.6 is 0 Å². The van der Waals surface area contributed by atoms with Crippen molar-refractivity contribution >= 4 is 21.6 Å². The van der Waals surface area contributed by atoms with Crippen LogP contribution in [0.2, 0.25) is 0 Å². The molecule has 0 unspecified atom stereocenters. The number of nitrogens with zero attached hydrogens (tertiary/aromatic N) is 1. The summed E-state index contributed by atoms with van der Waals surface area (Å²) in [7, 11) is -3.75. The summed E-state index contributed by atoms with van der Waals surface area (Å²) in [5, 5.41) is 17.0. The second kappa shape index (κ2) is 5.84. The summed E-state index contributed by atoms with van der Waals surface area (Å²) in [4.78, 5) is 12.3. The maximum absolute atomic E-state index is 12.3. The van der Waals surface area contributed by atoms with Gasteiger partial charge in [0.25, 0.3) is 0 Å². The quantitative estimate of drug-likeness (QED) is 0.885. The van der Waals surface area contributed by atoms with Gasteiger partial charge in [0.2, 0.25) is 15.9 Å². The van der Waals surface area contributed by atoms with Gasteiger partial charge in [-0.1, -0.05) is 19.3 Å². The van der Waals surface area contributed by atoms with Crippen molar-refractivity contribution in [2.24, 2.45) is 10.6 Å². The van der Waals surface area contributed by atoms with Gasteiger partial charge in [0, 0.05) is 5.69 Å². The molecule has 1 saturated carbocycles. The van der Waals surface area contributed by atoms with Crippen molar-refractivity contribution in [3.8, 4) is 6.07 Å². The summed E-state index contributed by atoms with van der Waals surface area (Å²) in [6, 6.07) is 7.72. The first-order chi connectivity index (χ1) is 9.87. The molecule has 112 valence electrons. The zero-order valence-corrected chi connectivity index (χ0v) is 12.3. The Bertz CT molecular complexity index is 668. The Balaban J connectivity index is 2.14. The predicted molar refractivity (Wildman–Crippen MR) is 77.6 cm³/mol. The number of primary sulfonamides is 1. The summed E-state index contributed by atoms with van der Waals surface area (Å²) in [6.45, 7) is 0. The third-order valence-electron chi connectivity index (χ3n) is 3.80.